The number of ether oxygens (including phenoxy) is 1. The van der Waals surface area contributed by atoms with E-state index in [4.69, 9.17) is 15.0 Å². The van der Waals surface area contributed by atoms with E-state index in [-0.39, 0.29) is 18.5 Å². The Kier molecular flexibility index (Phi) is 5.70. The zero-order chi connectivity index (χ0) is 19.0. The van der Waals surface area contributed by atoms with Crippen molar-refractivity contribution in [3.8, 4) is 0 Å². The number of aliphatic hydroxyl groups excluding tert-OH is 1. The third kappa shape index (κ3) is 4.45. The minimum Gasteiger partial charge on any atom is -0.387 e. The van der Waals surface area contributed by atoms with Crippen LogP contribution in [0.2, 0.25) is 0 Å². The number of nitrogens with zero attached hydrogens (tertiary/aromatic N) is 2. The van der Waals surface area contributed by atoms with Crippen LogP contribution in [0.5, 0.6) is 0 Å². The van der Waals surface area contributed by atoms with E-state index >= 15 is 0 Å². The number of hydrogen-bond acceptors (Lipinski definition) is 7. The van der Waals surface area contributed by atoms with Crippen molar-refractivity contribution in [3.05, 3.63) is 22.7 Å². The number of hydrogen-bond donors (Lipinski definition) is 3. The zero-order valence-electron chi connectivity index (χ0n) is 14.5. The first-order valence-corrected chi connectivity index (χ1v) is 9.88. The molecule has 1 aliphatic heterocycles. The lowest BCUT2D eigenvalue weighted by Crippen LogP contribution is -2.43. The predicted molar refractivity (Wildman–Crippen MR) is 90.1 cm³/mol. The average molecular weight is 378 g/mol. The quantitative estimate of drug-likeness (QED) is 0.616. The first-order valence-electron chi connectivity index (χ1n) is 7.81. The van der Waals surface area contributed by atoms with Gasteiger partial charge in [-0.05, 0) is 26.8 Å². The lowest BCUT2D eigenvalue weighted by atomic mass is 9.98. The summed E-state index contributed by atoms with van der Waals surface area (Å²) in [7, 11) is -3.14. The van der Waals surface area contributed by atoms with E-state index in [1.807, 2.05) is 0 Å². The highest BCUT2D eigenvalue weighted by molar-refractivity contribution is 7.56. The maximum atomic E-state index is 15.0. The Balaban J connectivity index is 2.16. The van der Waals surface area contributed by atoms with Gasteiger partial charge < -0.3 is 20.1 Å². The van der Waals surface area contributed by atoms with Gasteiger partial charge in [-0.3, -0.25) is 9.13 Å². The molecule has 2 rings (SSSR count). The number of rotatable bonds is 6. The van der Waals surface area contributed by atoms with Gasteiger partial charge in [0.05, 0.1) is 6.61 Å². The van der Waals surface area contributed by atoms with E-state index in [1.165, 1.54) is 18.9 Å². The van der Waals surface area contributed by atoms with E-state index in [0.717, 1.165) is 11.5 Å². The number of nitrogens with two attached hydrogens (primary N) is 1. The predicted octanol–water partition coefficient (Wildman–Crippen LogP) is 0.649. The van der Waals surface area contributed by atoms with Gasteiger partial charge in [0.1, 0.15) is 18.0 Å². The number of nitrogen functional groups attached to an aromatic ring is 1. The third-order valence-corrected chi connectivity index (χ3v) is 5.43. The molecule has 1 unspecified atom stereocenters. The lowest BCUT2D eigenvalue weighted by Gasteiger charge is -2.24. The number of nitrogens with one attached hydrogen (secondary N) is 1. The summed E-state index contributed by atoms with van der Waals surface area (Å²) < 4.78 is 38.9. The Morgan fingerprint density at radius 3 is 2.84 bits per heavy atom. The van der Waals surface area contributed by atoms with Gasteiger partial charge in [-0.25, -0.2) is 14.3 Å². The standard InChI is InChI=1S/C14H24FN4O5P/c1-8(2)18-25(4,22)23-7-9-11(20)14(3,15)12(24-9)19-6-5-10(16)17-13(19)21/h5-6,8-9,11-12,20H,7H2,1-4H3,(H,18,22)(H2,16,17,21)/t9-,11-,12-,14-,25?/m1/s1. The summed E-state index contributed by atoms with van der Waals surface area (Å²) in [6, 6.07) is 1.24. The van der Waals surface area contributed by atoms with Gasteiger partial charge in [-0.1, -0.05) is 0 Å². The largest absolute Gasteiger partial charge is 0.387 e. The molecular weight excluding hydrogens is 354 g/mol. The molecule has 0 amide bonds. The second kappa shape index (κ2) is 7.13. The van der Waals surface area contributed by atoms with Crippen LogP contribution >= 0.6 is 7.52 Å². The maximum Gasteiger partial charge on any atom is 0.351 e. The number of halogens is 1. The molecule has 1 aromatic rings. The minimum atomic E-state index is -3.14. The zero-order valence-corrected chi connectivity index (χ0v) is 15.4. The molecule has 1 aliphatic rings. The van der Waals surface area contributed by atoms with E-state index in [0.29, 0.717) is 0 Å². The molecule has 2 heterocycles. The highest BCUT2D eigenvalue weighted by Gasteiger charge is 2.55. The molecule has 0 bridgehead atoms. The van der Waals surface area contributed by atoms with Crippen LogP contribution in [0.15, 0.2) is 17.1 Å². The van der Waals surface area contributed by atoms with Gasteiger partial charge in [0.2, 0.25) is 0 Å². The number of aromatic nitrogens is 2. The maximum absolute atomic E-state index is 15.0. The fourth-order valence-corrected chi connectivity index (χ4v) is 4.12. The molecule has 0 radical (unpaired) electrons. The molecule has 1 aromatic heterocycles. The van der Waals surface area contributed by atoms with E-state index in [9.17, 15) is 18.9 Å². The molecule has 1 fully saturated rings. The van der Waals surface area contributed by atoms with Gasteiger partial charge in [0, 0.05) is 18.9 Å². The molecule has 4 N–H and O–H groups in total. The molecule has 0 aromatic carbocycles. The number of alkyl halides is 1. The van der Waals surface area contributed by atoms with Crippen LogP contribution < -0.4 is 16.5 Å². The van der Waals surface area contributed by atoms with Crippen LogP contribution in [-0.2, 0) is 13.8 Å². The van der Waals surface area contributed by atoms with Gasteiger partial charge >= 0.3 is 5.69 Å². The second-order valence-electron chi connectivity index (χ2n) is 6.59. The Morgan fingerprint density at radius 1 is 1.64 bits per heavy atom. The van der Waals surface area contributed by atoms with Crippen molar-refractivity contribution in [3.63, 3.8) is 0 Å². The third-order valence-electron chi connectivity index (χ3n) is 3.80. The van der Waals surface area contributed by atoms with Gasteiger partial charge in [0.25, 0.3) is 7.52 Å². The van der Waals surface area contributed by atoms with Crippen molar-refractivity contribution in [2.24, 2.45) is 0 Å². The van der Waals surface area contributed by atoms with Crippen molar-refractivity contribution in [2.45, 2.75) is 50.9 Å². The molecule has 0 saturated carbocycles. The molecular formula is C14H24FN4O5P. The molecule has 0 spiro atoms. The smallest absolute Gasteiger partial charge is 0.351 e. The molecule has 0 aliphatic carbocycles. The van der Waals surface area contributed by atoms with Crippen molar-refractivity contribution in [2.75, 3.05) is 19.0 Å². The summed E-state index contributed by atoms with van der Waals surface area (Å²) in [5.74, 6) is -0.00748. The topological polar surface area (TPSA) is 129 Å². The van der Waals surface area contributed by atoms with E-state index in [1.54, 1.807) is 13.8 Å². The van der Waals surface area contributed by atoms with Crippen LogP contribution in [0.3, 0.4) is 0 Å². The van der Waals surface area contributed by atoms with Gasteiger partial charge in [-0.15, -0.1) is 0 Å². The molecule has 1 saturated heterocycles. The SMILES string of the molecule is CC(C)NP(C)(=O)OC[C@H]1O[C@@H](n2ccc(N)nc2=O)[C@](C)(F)[C@@H]1O. The first kappa shape index (κ1) is 20.0. The van der Waals surface area contributed by atoms with Crippen LogP contribution in [0.1, 0.15) is 27.0 Å². The minimum absolute atomic E-state index is 0.00748. The van der Waals surface area contributed by atoms with Crippen molar-refractivity contribution >= 4 is 13.3 Å². The van der Waals surface area contributed by atoms with Crippen molar-refractivity contribution < 1.29 is 23.3 Å². The van der Waals surface area contributed by atoms with Crippen LogP contribution in [0.4, 0.5) is 10.2 Å². The highest BCUT2D eigenvalue weighted by Crippen LogP contribution is 2.44. The Morgan fingerprint density at radius 2 is 2.28 bits per heavy atom. The Bertz CT molecular complexity index is 725. The molecule has 11 heteroatoms. The lowest BCUT2D eigenvalue weighted by molar-refractivity contribution is -0.0584. The first-order chi connectivity index (χ1) is 11.4. The monoisotopic (exact) mass is 378 g/mol. The molecule has 5 atom stereocenters. The molecule has 9 nitrogen and oxygen atoms in total. The van der Waals surface area contributed by atoms with E-state index < -0.39 is 37.3 Å². The average Bonchev–Trinajstić information content (AvgIpc) is 2.67. The van der Waals surface area contributed by atoms with E-state index in [2.05, 4.69) is 10.1 Å². The normalized spacial score (nSPS) is 32.0. The van der Waals surface area contributed by atoms with Gasteiger partial charge in [-0.2, -0.15) is 4.98 Å². The molecule has 25 heavy (non-hydrogen) atoms. The Hall–Kier alpha value is -1.32. The van der Waals surface area contributed by atoms with Crippen molar-refractivity contribution in [1.29, 1.82) is 0 Å². The molecule has 142 valence electrons. The number of aliphatic hydroxyl groups is 1. The second-order valence-corrected chi connectivity index (χ2v) is 8.80. The van der Waals surface area contributed by atoms with Crippen molar-refractivity contribution in [1.82, 2.24) is 14.6 Å². The Labute approximate surface area is 144 Å². The van der Waals surface area contributed by atoms with Crippen LogP contribution in [0, 0.1) is 0 Å². The van der Waals surface area contributed by atoms with Crippen LogP contribution in [0.25, 0.3) is 0 Å². The number of anilines is 1. The highest BCUT2D eigenvalue weighted by atomic mass is 31.2. The fraction of sp³-hybridized carbons (Fsp3) is 0.714. The van der Waals surface area contributed by atoms with Crippen LogP contribution in [-0.4, -0.2) is 51.8 Å². The summed E-state index contributed by atoms with van der Waals surface area (Å²) in [5, 5.41) is 13.0. The fourth-order valence-electron chi connectivity index (χ4n) is 2.68. The summed E-state index contributed by atoms with van der Waals surface area (Å²) >= 11 is 0. The summed E-state index contributed by atoms with van der Waals surface area (Å²) in [6.45, 7) is 5.80. The summed E-state index contributed by atoms with van der Waals surface area (Å²) in [4.78, 5) is 15.4. The summed E-state index contributed by atoms with van der Waals surface area (Å²) in [5.41, 5.74) is 2.34. The summed E-state index contributed by atoms with van der Waals surface area (Å²) in [6.07, 6.45) is -2.85. The van der Waals surface area contributed by atoms with Gasteiger partial charge in [0.15, 0.2) is 11.9 Å².